The first-order valence-corrected chi connectivity index (χ1v) is 10.4. The van der Waals surface area contributed by atoms with Crippen molar-refractivity contribution in [1.29, 1.82) is 0 Å². The summed E-state index contributed by atoms with van der Waals surface area (Å²) in [6, 6.07) is 18.6. The fourth-order valence-electron chi connectivity index (χ4n) is 3.41. The minimum absolute atomic E-state index is 0. The smallest absolute Gasteiger partial charge is 0.191 e. The van der Waals surface area contributed by atoms with Crippen LogP contribution in [0.4, 0.5) is 5.69 Å². The van der Waals surface area contributed by atoms with E-state index in [1.54, 1.807) is 0 Å². The molecule has 2 aromatic carbocycles. The number of aliphatic hydroxyl groups is 1. The first kappa shape index (κ1) is 24.3. The molecule has 0 radical (unpaired) electrons. The Morgan fingerprint density at radius 1 is 1.23 bits per heavy atom. The summed E-state index contributed by atoms with van der Waals surface area (Å²) in [7, 11) is 0. The van der Waals surface area contributed by atoms with Crippen LogP contribution >= 0.6 is 24.0 Å². The molecule has 7 heteroatoms. The fourth-order valence-corrected chi connectivity index (χ4v) is 3.41. The lowest BCUT2D eigenvalue weighted by Crippen LogP contribution is -2.45. The van der Waals surface area contributed by atoms with Crippen molar-refractivity contribution in [2.45, 2.75) is 32.4 Å². The number of rotatable bonds is 8. The Hall–Kier alpha value is -2.00. The summed E-state index contributed by atoms with van der Waals surface area (Å²) in [5.74, 6) is 1.51. The van der Waals surface area contributed by atoms with Crippen LogP contribution in [0.2, 0.25) is 0 Å². The van der Waals surface area contributed by atoms with Crippen molar-refractivity contribution in [3.63, 3.8) is 0 Å². The molecule has 2 unspecified atom stereocenters. The van der Waals surface area contributed by atoms with Crippen LogP contribution < -0.4 is 20.3 Å². The summed E-state index contributed by atoms with van der Waals surface area (Å²) in [5, 5.41) is 17.0. The molecule has 6 nitrogen and oxygen atoms in total. The minimum atomic E-state index is -0.657. The zero-order valence-corrected chi connectivity index (χ0v) is 20.1. The molecule has 1 aliphatic heterocycles. The second kappa shape index (κ2) is 12.6. The van der Waals surface area contributed by atoms with Crippen molar-refractivity contribution in [3.05, 3.63) is 60.2 Å². The molecule has 1 heterocycles. The molecule has 2 aromatic rings. The number of nitrogens with zero attached hydrogens (tertiary/aromatic N) is 2. The lowest BCUT2D eigenvalue weighted by atomic mass is 10.2. The third kappa shape index (κ3) is 7.68. The van der Waals surface area contributed by atoms with E-state index in [4.69, 9.17) is 4.74 Å². The van der Waals surface area contributed by atoms with Crippen LogP contribution in [0.5, 0.6) is 5.75 Å². The highest BCUT2D eigenvalue weighted by atomic mass is 127. The molecule has 0 aliphatic carbocycles. The van der Waals surface area contributed by atoms with Crippen molar-refractivity contribution in [3.8, 4) is 5.75 Å². The number of anilines is 1. The number of nitrogens with one attached hydrogen (secondary N) is 2. The Morgan fingerprint density at radius 3 is 2.77 bits per heavy atom. The summed E-state index contributed by atoms with van der Waals surface area (Å²) >= 11 is 0. The van der Waals surface area contributed by atoms with Crippen molar-refractivity contribution in [2.24, 2.45) is 4.99 Å². The standard InChI is InChI=1S/C23H32N4O2.HI/c1-3-24-23(25-15-21(28)17-29-22-11-7-8-18(2)14-22)26-19-12-13-27(16-19)20-9-5-4-6-10-20;/h4-11,14,19,21,28H,3,12-13,15-17H2,1-2H3,(H2,24,25,26);1H. The molecular formula is C23H33IN4O2. The number of aliphatic hydroxyl groups excluding tert-OH is 1. The van der Waals surface area contributed by atoms with E-state index in [9.17, 15) is 5.11 Å². The fraction of sp³-hybridized carbons (Fsp3) is 0.435. The molecule has 0 amide bonds. The van der Waals surface area contributed by atoms with Crippen LogP contribution in [0.15, 0.2) is 59.6 Å². The maximum absolute atomic E-state index is 10.3. The Balaban J connectivity index is 0.00000320. The summed E-state index contributed by atoms with van der Waals surface area (Å²) in [5.41, 5.74) is 2.39. The zero-order chi connectivity index (χ0) is 20.5. The molecule has 0 bridgehead atoms. The highest BCUT2D eigenvalue weighted by Gasteiger charge is 2.23. The van der Waals surface area contributed by atoms with Crippen molar-refractivity contribution < 1.29 is 9.84 Å². The monoisotopic (exact) mass is 524 g/mol. The van der Waals surface area contributed by atoms with Gasteiger partial charge in [-0.05, 0) is 50.1 Å². The van der Waals surface area contributed by atoms with E-state index in [0.29, 0.717) is 6.04 Å². The Labute approximate surface area is 196 Å². The van der Waals surface area contributed by atoms with Gasteiger partial charge in [-0.1, -0.05) is 30.3 Å². The second-order valence-corrected chi connectivity index (χ2v) is 7.41. The molecule has 1 fully saturated rings. The average Bonchev–Trinajstić information content (AvgIpc) is 3.20. The van der Waals surface area contributed by atoms with Gasteiger partial charge in [0.25, 0.3) is 0 Å². The summed E-state index contributed by atoms with van der Waals surface area (Å²) in [6.45, 7) is 7.30. The van der Waals surface area contributed by atoms with E-state index in [0.717, 1.165) is 43.3 Å². The summed E-state index contributed by atoms with van der Waals surface area (Å²) < 4.78 is 5.67. The highest BCUT2D eigenvalue weighted by Crippen LogP contribution is 2.19. The van der Waals surface area contributed by atoms with E-state index in [-0.39, 0.29) is 37.1 Å². The van der Waals surface area contributed by atoms with Gasteiger partial charge in [-0.3, -0.25) is 4.99 Å². The molecule has 164 valence electrons. The van der Waals surface area contributed by atoms with Gasteiger partial charge in [0.05, 0.1) is 6.54 Å². The van der Waals surface area contributed by atoms with Crippen molar-refractivity contribution >= 4 is 35.6 Å². The Kier molecular flexibility index (Phi) is 10.2. The van der Waals surface area contributed by atoms with Gasteiger partial charge in [0.1, 0.15) is 18.5 Å². The molecule has 0 aromatic heterocycles. The van der Waals surface area contributed by atoms with Gasteiger partial charge in [-0.25, -0.2) is 0 Å². The van der Waals surface area contributed by atoms with Gasteiger partial charge in [-0.15, -0.1) is 24.0 Å². The maximum Gasteiger partial charge on any atom is 0.191 e. The average molecular weight is 524 g/mol. The third-order valence-electron chi connectivity index (χ3n) is 4.89. The van der Waals surface area contributed by atoms with Crippen LogP contribution in [0, 0.1) is 6.92 Å². The topological polar surface area (TPSA) is 69.1 Å². The molecule has 3 N–H and O–H groups in total. The van der Waals surface area contributed by atoms with Gasteiger partial charge in [0, 0.05) is 31.4 Å². The molecular weight excluding hydrogens is 491 g/mol. The summed E-state index contributed by atoms with van der Waals surface area (Å²) in [4.78, 5) is 6.93. The predicted octanol–water partition coefficient (Wildman–Crippen LogP) is 3.19. The van der Waals surface area contributed by atoms with Crippen LogP contribution in [0.1, 0.15) is 18.9 Å². The van der Waals surface area contributed by atoms with E-state index in [2.05, 4.69) is 44.8 Å². The SMILES string of the molecule is CCNC(=NCC(O)COc1cccc(C)c1)NC1CCN(c2ccccc2)C1.I. The number of hydrogen-bond donors (Lipinski definition) is 3. The minimum Gasteiger partial charge on any atom is -0.491 e. The molecule has 0 spiro atoms. The number of ether oxygens (including phenoxy) is 1. The van der Waals surface area contributed by atoms with Crippen LogP contribution in [0.3, 0.4) is 0 Å². The molecule has 1 aliphatic rings. The number of hydrogen-bond acceptors (Lipinski definition) is 4. The normalized spacial score (nSPS) is 17.2. The number of guanidine groups is 1. The molecule has 2 atom stereocenters. The number of aryl methyl sites for hydroxylation is 1. The van der Waals surface area contributed by atoms with E-state index >= 15 is 0 Å². The number of benzene rings is 2. The molecule has 1 saturated heterocycles. The van der Waals surface area contributed by atoms with Crippen LogP contribution in [0.25, 0.3) is 0 Å². The van der Waals surface area contributed by atoms with Crippen LogP contribution in [-0.4, -0.2) is 56.0 Å². The first-order chi connectivity index (χ1) is 14.1. The Bertz CT molecular complexity index is 788. The lowest BCUT2D eigenvalue weighted by molar-refractivity contribution is 0.114. The quantitative estimate of drug-likeness (QED) is 0.281. The first-order valence-electron chi connectivity index (χ1n) is 10.4. The highest BCUT2D eigenvalue weighted by molar-refractivity contribution is 14.0. The van der Waals surface area contributed by atoms with E-state index in [1.807, 2.05) is 44.2 Å². The van der Waals surface area contributed by atoms with Gasteiger partial charge >= 0.3 is 0 Å². The van der Waals surface area contributed by atoms with E-state index < -0.39 is 6.10 Å². The van der Waals surface area contributed by atoms with Gasteiger partial charge in [0.15, 0.2) is 5.96 Å². The molecule has 3 rings (SSSR count). The largest absolute Gasteiger partial charge is 0.491 e. The van der Waals surface area contributed by atoms with Crippen molar-refractivity contribution in [1.82, 2.24) is 10.6 Å². The third-order valence-corrected chi connectivity index (χ3v) is 4.89. The molecule has 30 heavy (non-hydrogen) atoms. The van der Waals surface area contributed by atoms with Crippen LogP contribution in [-0.2, 0) is 0 Å². The maximum atomic E-state index is 10.3. The predicted molar refractivity (Wildman–Crippen MR) is 134 cm³/mol. The van der Waals surface area contributed by atoms with E-state index in [1.165, 1.54) is 5.69 Å². The van der Waals surface area contributed by atoms with Gasteiger partial charge < -0.3 is 25.4 Å². The molecule has 0 saturated carbocycles. The van der Waals surface area contributed by atoms with Gasteiger partial charge in [-0.2, -0.15) is 0 Å². The zero-order valence-electron chi connectivity index (χ0n) is 17.8. The number of para-hydroxylation sites is 1. The lowest BCUT2D eigenvalue weighted by Gasteiger charge is -2.20. The number of aliphatic imine (C=N–C) groups is 1. The number of halogens is 1. The Morgan fingerprint density at radius 2 is 2.03 bits per heavy atom. The van der Waals surface area contributed by atoms with Crippen molar-refractivity contribution in [2.75, 3.05) is 37.7 Å². The second-order valence-electron chi connectivity index (χ2n) is 7.41. The summed E-state index contributed by atoms with van der Waals surface area (Å²) in [6.07, 6.45) is 0.397. The van der Waals surface area contributed by atoms with Gasteiger partial charge in [0.2, 0.25) is 0 Å².